The van der Waals surface area contributed by atoms with Crippen molar-refractivity contribution in [2.75, 3.05) is 54.0 Å². The molecule has 0 N–H and O–H groups in total. The van der Waals surface area contributed by atoms with Crippen molar-refractivity contribution >= 4 is 11.9 Å². The van der Waals surface area contributed by atoms with E-state index >= 15 is 0 Å². The topological polar surface area (TPSA) is 80.3 Å². The minimum absolute atomic E-state index is 0.107. The van der Waals surface area contributed by atoms with E-state index in [1.807, 2.05) is 0 Å². The van der Waals surface area contributed by atoms with Crippen LogP contribution in [0, 0.1) is 0 Å². The van der Waals surface area contributed by atoms with Crippen molar-refractivity contribution in [2.24, 2.45) is 0 Å². The third-order valence-electron chi connectivity index (χ3n) is 1.58. The monoisotopic (exact) mass is 482 g/mol. The van der Waals surface area contributed by atoms with Crippen LogP contribution in [0.4, 0.5) is 35.4 Å². The summed E-state index contributed by atoms with van der Waals surface area (Å²) in [5.41, 5.74) is 0.506. The van der Waals surface area contributed by atoms with Crippen LogP contribution in [0.3, 0.4) is 0 Å². The maximum atomic E-state index is 11.3. The SMILES string of the molecule is C=C(C)C(=O)OCCF.C=C(C)C(=O)OCF.FCCOCOF.FCF.FCOF. The molecule has 0 saturated carbocycles. The fourth-order valence-electron chi connectivity index (χ4n) is 0.572. The highest BCUT2D eigenvalue weighted by Crippen LogP contribution is 1.91. The van der Waals surface area contributed by atoms with Crippen LogP contribution in [-0.4, -0.2) is 65.9 Å². The largest absolute Gasteiger partial charge is 0.460 e. The van der Waals surface area contributed by atoms with E-state index in [0.29, 0.717) is 5.57 Å². The van der Waals surface area contributed by atoms with Crippen molar-refractivity contribution in [2.45, 2.75) is 13.8 Å². The van der Waals surface area contributed by atoms with Gasteiger partial charge in [0.2, 0.25) is 20.6 Å². The van der Waals surface area contributed by atoms with Crippen LogP contribution in [-0.2, 0) is 33.7 Å². The highest BCUT2D eigenvalue weighted by Gasteiger charge is 2.00. The number of rotatable bonds is 10. The zero-order chi connectivity index (χ0) is 25.5. The average molecular weight is 482 g/mol. The zero-order valence-corrected chi connectivity index (χ0v) is 17.0. The van der Waals surface area contributed by atoms with Gasteiger partial charge in [0.15, 0.2) is 6.79 Å². The maximum Gasteiger partial charge on any atom is 0.335 e. The molecule has 0 saturated heterocycles. The van der Waals surface area contributed by atoms with Gasteiger partial charge >= 0.3 is 11.9 Å². The first kappa shape index (κ1) is 39.2. The van der Waals surface area contributed by atoms with E-state index < -0.39 is 52.7 Å². The van der Waals surface area contributed by atoms with E-state index in [-0.39, 0.29) is 18.8 Å². The van der Waals surface area contributed by atoms with Crippen molar-refractivity contribution in [1.29, 1.82) is 0 Å². The number of carbonyl (C=O) groups excluding carboxylic acids is 2. The van der Waals surface area contributed by atoms with E-state index in [1.54, 1.807) is 0 Å². The molecule has 0 aromatic heterocycles. The molecule has 0 aliphatic heterocycles. The standard InChI is InChI=1S/C6H9FO2.C5H7FO2.C3H6F2O2.CH2F2O.CH2F2/c1-5(2)6(8)9-4-3-7;1-4(2)5(7)8-3-6;4-1-2-6-3-7-5;2-1-4-3;2-1-3/h1,3-4H2,2H3;1,3H2,2H3;1-3H2;1H2;1H2. The number of ether oxygens (including phenoxy) is 3. The first-order valence-corrected chi connectivity index (χ1v) is 7.67. The highest BCUT2D eigenvalue weighted by molar-refractivity contribution is 5.87. The summed E-state index contributed by atoms with van der Waals surface area (Å²) in [7, 11) is 0. The van der Waals surface area contributed by atoms with Crippen LogP contribution in [0.25, 0.3) is 0 Å². The number of hydrogen-bond donors (Lipinski definition) is 0. The smallest absolute Gasteiger partial charge is 0.335 e. The van der Waals surface area contributed by atoms with Gasteiger partial charge in [0, 0.05) is 11.1 Å². The molecule has 0 rings (SSSR count). The van der Waals surface area contributed by atoms with Crippen LogP contribution in [0.2, 0.25) is 0 Å². The number of carbonyl (C=O) groups is 2. The number of alkyl halides is 6. The van der Waals surface area contributed by atoms with Gasteiger partial charge in [0.25, 0.3) is 0 Å². The molecule has 0 amide bonds. The van der Waals surface area contributed by atoms with E-state index in [2.05, 4.69) is 37.3 Å². The minimum Gasteiger partial charge on any atom is -0.460 e. The Labute approximate surface area is 174 Å². The summed E-state index contributed by atoms with van der Waals surface area (Å²) in [6, 6.07) is 0. The Morgan fingerprint density at radius 2 is 1.10 bits per heavy atom. The molecule has 0 spiro atoms. The predicted molar refractivity (Wildman–Crippen MR) is 92.9 cm³/mol. The summed E-state index contributed by atoms with van der Waals surface area (Å²) in [5.74, 6) is -1.22. The van der Waals surface area contributed by atoms with E-state index in [4.69, 9.17) is 0 Å². The van der Waals surface area contributed by atoms with Gasteiger partial charge in [-0.15, -0.1) is 0 Å². The van der Waals surface area contributed by atoms with Crippen LogP contribution < -0.4 is 0 Å². The summed E-state index contributed by atoms with van der Waals surface area (Å²) in [6.45, 7) is 3.33. The number of halogens is 8. The van der Waals surface area contributed by atoms with Gasteiger partial charge < -0.3 is 14.2 Å². The van der Waals surface area contributed by atoms with Gasteiger partial charge in [-0.1, -0.05) is 13.2 Å². The van der Waals surface area contributed by atoms with E-state index in [1.165, 1.54) is 13.8 Å². The fourth-order valence-corrected chi connectivity index (χ4v) is 0.572. The molecule has 0 unspecified atom stereocenters. The Kier molecular flexibility index (Phi) is 48.6. The molecule has 0 heterocycles. The maximum absolute atomic E-state index is 11.3. The molecule has 7 nitrogen and oxygen atoms in total. The molecule has 188 valence electrons. The molecule has 0 aromatic rings. The van der Waals surface area contributed by atoms with Crippen molar-refractivity contribution in [3.63, 3.8) is 0 Å². The summed E-state index contributed by atoms with van der Waals surface area (Å²) in [5, 5.41) is 0. The Hall–Kier alpha value is -2.26. The van der Waals surface area contributed by atoms with E-state index in [0.717, 1.165) is 0 Å². The van der Waals surface area contributed by atoms with Gasteiger partial charge in [0.05, 0.1) is 6.61 Å². The van der Waals surface area contributed by atoms with Crippen LogP contribution in [0.1, 0.15) is 13.8 Å². The minimum atomic E-state index is -1.75. The summed E-state index contributed by atoms with van der Waals surface area (Å²) >= 11 is 0. The molecule has 0 fully saturated rings. The lowest BCUT2D eigenvalue weighted by Crippen LogP contribution is -2.06. The third-order valence-corrected chi connectivity index (χ3v) is 1.58. The third kappa shape index (κ3) is 58.4. The Bertz CT molecular complexity index is 409. The highest BCUT2D eigenvalue weighted by atomic mass is 19.3. The lowest BCUT2D eigenvalue weighted by Gasteiger charge is -1.98. The Morgan fingerprint density at radius 3 is 1.32 bits per heavy atom. The first-order valence-electron chi connectivity index (χ1n) is 7.67. The predicted octanol–water partition coefficient (Wildman–Crippen LogP) is 4.64. The number of hydrogen-bond acceptors (Lipinski definition) is 7. The lowest BCUT2D eigenvalue weighted by molar-refractivity contribution is -0.212. The average Bonchev–Trinajstić information content (AvgIpc) is 2.74. The second kappa shape index (κ2) is 38.4. The Morgan fingerprint density at radius 1 is 0.710 bits per heavy atom. The van der Waals surface area contributed by atoms with Crippen molar-refractivity contribution in [1.82, 2.24) is 0 Å². The second-order valence-electron chi connectivity index (χ2n) is 4.07. The van der Waals surface area contributed by atoms with Crippen LogP contribution in [0.15, 0.2) is 24.3 Å². The second-order valence-corrected chi connectivity index (χ2v) is 4.07. The molecule has 15 heteroatoms. The van der Waals surface area contributed by atoms with Gasteiger partial charge in [-0.25, -0.2) is 35.9 Å². The molecule has 0 bridgehead atoms. The van der Waals surface area contributed by atoms with Crippen LogP contribution in [0.5, 0.6) is 0 Å². The zero-order valence-electron chi connectivity index (χ0n) is 17.0. The first-order chi connectivity index (χ1) is 14.6. The summed E-state index contributed by atoms with van der Waals surface area (Å²) in [4.78, 5) is 25.9. The van der Waals surface area contributed by atoms with Gasteiger partial charge in [-0.05, 0) is 22.9 Å². The fraction of sp³-hybridized carbons (Fsp3) is 0.625. The molecule has 0 atom stereocenters. The summed E-state index contributed by atoms with van der Waals surface area (Å²) < 4.78 is 95.6. The van der Waals surface area contributed by atoms with Crippen molar-refractivity contribution in [3.05, 3.63) is 24.3 Å². The normalized spacial score (nSPS) is 8.32. The quantitative estimate of drug-likeness (QED) is 0.148. The molecule has 31 heavy (non-hydrogen) atoms. The molecule has 0 aliphatic rings. The van der Waals surface area contributed by atoms with Crippen LogP contribution >= 0.6 is 0 Å². The number of esters is 2. The van der Waals surface area contributed by atoms with Gasteiger partial charge in [-0.3, -0.25) is 0 Å². The van der Waals surface area contributed by atoms with Crippen molar-refractivity contribution in [3.8, 4) is 0 Å². The van der Waals surface area contributed by atoms with Gasteiger partial charge in [0.1, 0.15) is 20.0 Å². The van der Waals surface area contributed by atoms with Crippen molar-refractivity contribution < 1.29 is 69.1 Å². The molecule has 0 aliphatic carbocycles. The molecule has 0 radical (unpaired) electrons. The summed E-state index contributed by atoms with van der Waals surface area (Å²) in [6.07, 6.45) is 0. The molecular weight excluding hydrogens is 456 g/mol. The lowest BCUT2D eigenvalue weighted by atomic mass is 10.4. The Balaban J connectivity index is -0.0000000954. The molecule has 0 aromatic carbocycles. The van der Waals surface area contributed by atoms with Gasteiger partial charge in [-0.2, -0.15) is 9.88 Å². The van der Waals surface area contributed by atoms with E-state index in [9.17, 15) is 45.0 Å². The molecular formula is C16H26F8O7.